The van der Waals surface area contributed by atoms with Gasteiger partial charge in [0.2, 0.25) is 5.95 Å². The first kappa shape index (κ1) is 13.4. The fraction of sp³-hybridized carbons (Fsp3) is 0.462. The molecule has 2 heterocycles. The molecule has 0 fully saturated rings. The highest BCUT2D eigenvalue weighted by Gasteiger charge is 2.22. The number of nitrogen functional groups attached to an aromatic ring is 1. The van der Waals surface area contributed by atoms with Crippen molar-refractivity contribution in [1.29, 1.82) is 0 Å². The molecule has 0 saturated heterocycles. The fourth-order valence-corrected chi connectivity index (χ4v) is 3.19. The zero-order valence-corrected chi connectivity index (χ0v) is 12.0. The van der Waals surface area contributed by atoms with Gasteiger partial charge in [-0.05, 0) is 12.2 Å². The number of anilines is 1. The minimum absolute atomic E-state index is 0.172. The van der Waals surface area contributed by atoms with Crippen LogP contribution in [0.5, 0.6) is 0 Å². The summed E-state index contributed by atoms with van der Waals surface area (Å²) in [5.74, 6) is 1.39. The topological polar surface area (TPSA) is 89.9 Å². The molecule has 7 heteroatoms. The molecule has 20 heavy (non-hydrogen) atoms. The molecule has 0 aromatic carbocycles. The molecule has 0 bridgehead atoms. The number of nitrogens with two attached hydrogens (primary N) is 1. The van der Waals surface area contributed by atoms with E-state index in [1.807, 2.05) is 10.6 Å². The van der Waals surface area contributed by atoms with Crippen LogP contribution in [0.1, 0.15) is 19.4 Å². The van der Waals surface area contributed by atoms with Crippen molar-refractivity contribution in [3.63, 3.8) is 0 Å². The second-order valence-electron chi connectivity index (χ2n) is 4.77. The zero-order valence-electron chi connectivity index (χ0n) is 11.2. The van der Waals surface area contributed by atoms with E-state index < -0.39 is 0 Å². The average Bonchev–Trinajstić information content (AvgIpc) is 3.04. The van der Waals surface area contributed by atoms with Crippen molar-refractivity contribution in [2.75, 3.05) is 18.1 Å². The number of aromatic nitrogens is 4. The first-order chi connectivity index (χ1) is 9.72. The molecule has 1 aliphatic carbocycles. The molecule has 0 aliphatic heterocycles. The van der Waals surface area contributed by atoms with Crippen LogP contribution in [0, 0.1) is 5.92 Å². The molecule has 2 aromatic rings. The lowest BCUT2D eigenvalue weighted by Crippen LogP contribution is -2.08. The highest BCUT2D eigenvalue weighted by molar-refractivity contribution is 7.99. The number of hydrogen-bond donors (Lipinski definition) is 2. The molecule has 0 amide bonds. The molecule has 0 spiro atoms. The van der Waals surface area contributed by atoms with Crippen molar-refractivity contribution in [1.82, 2.24) is 19.5 Å². The van der Waals surface area contributed by atoms with Crippen LogP contribution in [0.2, 0.25) is 0 Å². The second kappa shape index (κ2) is 5.41. The van der Waals surface area contributed by atoms with Crippen molar-refractivity contribution in [3.8, 4) is 0 Å². The average molecular weight is 291 g/mol. The Morgan fingerprint density at radius 1 is 1.45 bits per heavy atom. The molecular formula is C13H17N5OS. The van der Waals surface area contributed by atoms with Gasteiger partial charge in [-0.25, -0.2) is 9.97 Å². The number of imidazole rings is 1. The lowest BCUT2D eigenvalue weighted by atomic mass is 10.1. The summed E-state index contributed by atoms with van der Waals surface area (Å²) in [6.07, 6.45) is 6.78. The number of aliphatic hydroxyl groups excluding tert-OH is 1. The summed E-state index contributed by atoms with van der Waals surface area (Å²) < 4.78 is 2.01. The minimum Gasteiger partial charge on any atom is -0.396 e. The fourth-order valence-electron chi connectivity index (χ4n) is 2.48. The van der Waals surface area contributed by atoms with Gasteiger partial charge in [-0.2, -0.15) is 4.98 Å². The Hall–Kier alpha value is -1.60. The van der Waals surface area contributed by atoms with Crippen LogP contribution in [0.15, 0.2) is 23.5 Å². The van der Waals surface area contributed by atoms with Gasteiger partial charge in [0.1, 0.15) is 10.5 Å². The van der Waals surface area contributed by atoms with Crippen LogP contribution >= 0.6 is 11.8 Å². The summed E-state index contributed by atoms with van der Waals surface area (Å²) in [6.45, 7) is 2.24. The van der Waals surface area contributed by atoms with Gasteiger partial charge in [0, 0.05) is 12.5 Å². The molecule has 2 atom stereocenters. The third-order valence-electron chi connectivity index (χ3n) is 3.43. The van der Waals surface area contributed by atoms with Gasteiger partial charge in [-0.1, -0.05) is 19.1 Å². The van der Waals surface area contributed by atoms with Crippen molar-refractivity contribution < 1.29 is 5.11 Å². The van der Waals surface area contributed by atoms with E-state index in [1.54, 1.807) is 18.1 Å². The van der Waals surface area contributed by atoms with Gasteiger partial charge >= 0.3 is 0 Å². The maximum absolute atomic E-state index is 9.23. The normalized spacial score (nSPS) is 21.9. The summed E-state index contributed by atoms with van der Waals surface area (Å²) in [6, 6.07) is 0.172. The zero-order chi connectivity index (χ0) is 14.1. The van der Waals surface area contributed by atoms with Crippen LogP contribution in [-0.2, 0) is 0 Å². The highest BCUT2D eigenvalue weighted by Crippen LogP contribution is 2.32. The molecule has 1 aliphatic rings. The molecule has 3 N–H and O–H groups in total. The summed E-state index contributed by atoms with van der Waals surface area (Å²) in [5, 5.41) is 10.1. The molecule has 106 valence electrons. The van der Waals surface area contributed by atoms with Gasteiger partial charge in [0.25, 0.3) is 0 Å². The van der Waals surface area contributed by atoms with Gasteiger partial charge in [0.15, 0.2) is 5.65 Å². The van der Waals surface area contributed by atoms with Crippen LogP contribution < -0.4 is 5.73 Å². The number of hydrogen-bond acceptors (Lipinski definition) is 6. The second-order valence-corrected chi connectivity index (χ2v) is 6.03. The Balaban J connectivity index is 2.03. The SMILES string of the molecule is CCSc1nc(N)nc2c1ncn2C1C=CC(CO)C1. The Morgan fingerprint density at radius 2 is 2.30 bits per heavy atom. The van der Waals surface area contributed by atoms with E-state index in [9.17, 15) is 5.11 Å². The molecular weight excluding hydrogens is 274 g/mol. The number of aliphatic hydroxyl groups is 1. The van der Waals surface area contributed by atoms with Gasteiger partial charge in [-0.15, -0.1) is 11.8 Å². The van der Waals surface area contributed by atoms with Crippen LogP contribution in [0.4, 0.5) is 5.95 Å². The lowest BCUT2D eigenvalue weighted by molar-refractivity contribution is 0.244. The van der Waals surface area contributed by atoms with Crippen molar-refractivity contribution in [2.45, 2.75) is 24.4 Å². The quantitative estimate of drug-likeness (QED) is 0.505. The van der Waals surface area contributed by atoms with Gasteiger partial charge < -0.3 is 15.4 Å². The van der Waals surface area contributed by atoms with Crippen LogP contribution in [0.3, 0.4) is 0 Å². The van der Waals surface area contributed by atoms with E-state index in [0.717, 1.165) is 28.4 Å². The number of fused-ring (bicyclic) bond motifs is 1. The minimum atomic E-state index is 0.172. The predicted octanol–water partition coefficient (Wildman–Crippen LogP) is 1.63. The van der Waals surface area contributed by atoms with Crippen LogP contribution in [0.25, 0.3) is 11.2 Å². The summed E-state index contributed by atoms with van der Waals surface area (Å²) >= 11 is 1.61. The third kappa shape index (κ3) is 2.27. The number of rotatable bonds is 4. The van der Waals surface area contributed by atoms with Crippen molar-refractivity contribution in [2.24, 2.45) is 5.92 Å². The third-order valence-corrected chi connectivity index (χ3v) is 4.28. The summed E-state index contributed by atoms with van der Waals surface area (Å²) in [7, 11) is 0. The number of thioether (sulfide) groups is 1. The van der Waals surface area contributed by atoms with Crippen molar-refractivity contribution in [3.05, 3.63) is 18.5 Å². The molecule has 6 nitrogen and oxygen atoms in total. The lowest BCUT2D eigenvalue weighted by Gasteiger charge is -2.12. The Morgan fingerprint density at radius 3 is 3.00 bits per heavy atom. The Kier molecular flexibility index (Phi) is 3.62. The monoisotopic (exact) mass is 291 g/mol. The van der Waals surface area contributed by atoms with E-state index >= 15 is 0 Å². The molecule has 2 unspecified atom stereocenters. The van der Waals surface area contributed by atoms with Gasteiger partial charge in [0.05, 0.1) is 12.4 Å². The van der Waals surface area contributed by atoms with Crippen LogP contribution in [-0.4, -0.2) is 37.0 Å². The Labute approximate surface area is 121 Å². The highest BCUT2D eigenvalue weighted by atomic mass is 32.2. The van der Waals surface area contributed by atoms with E-state index in [0.29, 0.717) is 0 Å². The van der Waals surface area contributed by atoms with E-state index in [4.69, 9.17) is 5.73 Å². The van der Waals surface area contributed by atoms with E-state index in [-0.39, 0.29) is 24.5 Å². The predicted molar refractivity (Wildman–Crippen MR) is 79.5 cm³/mol. The maximum atomic E-state index is 9.23. The Bertz CT molecular complexity index is 653. The van der Waals surface area contributed by atoms with Crippen molar-refractivity contribution >= 4 is 28.9 Å². The molecule has 2 aromatic heterocycles. The van der Waals surface area contributed by atoms with Gasteiger partial charge in [-0.3, -0.25) is 0 Å². The molecule has 0 saturated carbocycles. The first-order valence-electron chi connectivity index (χ1n) is 6.65. The number of nitrogens with zero attached hydrogens (tertiary/aromatic N) is 4. The van der Waals surface area contributed by atoms with E-state index in [2.05, 4.69) is 28.0 Å². The first-order valence-corrected chi connectivity index (χ1v) is 7.63. The summed E-state index contributed by atoms with van der Waals surface area (Å²) in [4.78, 5) is 13.0. The van der Waals surface area contributed by atoms with E-state index in [1.165, 1.54) is 0 Å². The maximum Gasteiger partial charge on any atom is 0.223 e. The largest absolute Gasteiger partial charge is 0.396 e. The molecule has 3 rings (SSSR count). The summed E-state index contributed by atoms with van der Waals surface area (Å²) in [5.41, 5.74) is 7.36. The molecule has 0 radical (unpaired) electrons. The smallest absolute Gasteiger partial charge is 0.223 e. The standard InChI is InChI=1S/C13H17N5OS/c1-2-20-12-10-11(16-13(14)17-12)18(7-15-10)9-4-3-8(5-9)6-19/h3-4,7-9,19H,2,5-6H2,1H3,(H2,14,16,17). The number of allylic oxidation sites excluding steroid dienone is 1.